The van der Waals surface area contributed by atoms with Crippen LogP contribution in [-0.2, 0) is 6.18 Å². The molecule has 0 aliphatic rings. The molecule has 2 aromatic rings. The minimum Gasteiger partial charge on any atom is -0.397 e. The van der Waals surface area contributed by atoms with E-state index < -0.39 is 11.7 Å². The maximum Gasteiger partial charge on any atom is 0.416 e. The standard InChI is InChI=1S/C13H9BrClF3N2/c14-8-2-4-12(10(19)6-8)20-11-3-1-7(5-9(11)15)13(16,17)18/h1-6,20H,19H2. The van der Waals surface area contributed by atoms with Gasteiger partial charge in [0.05, 0.1) is 27.6 Å². The van der Waals surface area contributed by atoms with Crippen LogP contribution < -0.4 is 11.1 Å². The molecule has 0 radical (unpaired) electrons. The summed E-state index contributed by atoms with van der Waals surface area (Å²) in [6, 6.07) is 8.25. The monoisotopic (exact) mass is 364 g/mol. The summed E-state index contributed by atoms with van der Waals surface area (Å²) in [4.78, 5) is 0. The number of anilines is 3. The normalized spacial score (nSPS) is 11.4. The van der Waals surface area contributed by atoms with Gasteiger partial charge in [-0.1, -0.05) is 27.5 Å². The molecule has 0 saturated carbocycles. The Morgan fingerprint density at radius 2 is 1.70 bits per heavy atom. The van der Waals surface area contributed by atoms with Gasteiger partial charge in [0.2, 0.25) is 0 Å². The highest BCUT2D eigenvalue weighted by atomic mass is 79.9. The maximum atomic E-state index is 12.5. The van der Waals surface area contributed by atoms with Crippen molar-refractivity contribution in [3.63, 3.8) is 0 Å². The highest BCUT2D eigenvalue weighted by Crippen LogP contribution is 2.35. The second-order valence-corrected chi connectivity index (χ2v) is 5.37. The van der Waals surface area contributed by atoms with E-state index in [0.29, 0.717) is 17.1 Å². The first-order valence-electron chi connectivity index (χ1n) is 5.46. The Kier molecular flexibility index (Phi) is 4.15. The summed E-state index contributed by atoms with van der Waals surface area (Å²) in [5, 5.41) is 2.88. The Labute approximate surface area is 126 Å². The third-order valence-corrected chi connectivity index (χ3v) is 3.39. The molecule has 0 unspecified atom stereocenters. The number of hydrogen-bond donors (Lipinski definition) is 2. The quantitative estimate of drug-likeness (QED) is 0.695. The van der Waals surface area contributed by atoms with Crippen molar-refractivity contribution in [2.75, 3.05) is 11.1 Å². The zero-order chi connectivity index (χ0) is 14.9. The minimum absolute atomic E-state index is 0.0258. The summed E-state index contributed by atoms with van der Waals surface area (Å²) in [6.45, 7) is 0. The molecule has 0 atom stereocenters. The summed E-state index contributed by atoms with van der Waals surface area (Å²) >= 11 is 9.13. The zero-order valence-corrected chi connectivity index (χ0v) is 12.3. The molecule has 0 aliphatic heterocycles. The number of benzene rings is 2. The van der Waals surface area contributed by atoms with Crippen molar-refractivity contribution in [1.82, 2.24) is 0 Å². The molecule has 0 aromatic heterocycles. The van der Waals surface area contributed by atoms with Crippen LogP contribution in [0.1, 0.15) is 5.56 Å². The fraction of sp³-hybridized carbons (Fsp3) is 0.0769. The van der Waals surface area contributed by atoms with E-state index in [4.69, 9.17) is 17.3 Å². The first kappa shape index (κ1) is 15.0. The van der Waals surface area contributed by atoms with Gasteiger partial charge in [0, 0.05) is 4.47 Å². The van der Waals surface area contributed by atoms with Gasteiger partial charge >= 0.3 is 6.18 Å². The summed E-state index contributed by atoms with van der Waals surface area (Å²) in [7, 11) is 0. The smallest absolute Gasteiger partial charge is 0.397 e. The van der Waals surface area contributed by atoms with Gasteiger partial charge in [-0.2, -0.15) is 13.2 Å². The van der Waals surface area contributed by atoms with Crippen LogP contribution in [-0.4, -0.2) is 0 Å². The number of alkyl halides is 3. The van der Waals surface area contributed by atoms with E-state index in [0.717, 1.165) is 16.6 Å². The van der Waals surface area contributed by atoms with Crippen molar-refractivity contribution in [3.8, 4) is 0 Å². The fourth-order valence-corrected chi connectivity index (χ4v) is 2.19. The Morgan fingerprint density at radius 1 is 1.05 bits per heavy atom. The predicted molar refractivity (Wildman–Crippen MR) is 78.3 cm³/mol. The van der Waals surface area contributed by atoms with Gasteiger partial charge in [0.25, 0.3) is 0 Å². The molecule has 0 spiro atoms. The lowest BCUT2D eigenvalue weighted by molar-refractivity contribution is -0.137. The number of nitrogens with one attached hydrogen (secondary N) is 1. The van der Waals surface area contributed by atoms with Crippen LogP contribution in [0.3, 0.4) is 0 Å². The average Bonchev–Trinajstić information content (AvgIpc) is 2.33. The first-order valence-corrected chi connectivity index (χ1v) is 6.63. The predicted octanol–water partition coefficient (Wildman–Crippen LogP) is 5.45. The second kappa shape index (κ2) is 5.54. The van der Waals surface area contributed by atoms with E-state index in [2.05, 4.69) is 21.2 Å². The molecule has 7 heteroatoms. The van der Waals surface area contributed by atoms with Gasteiger partial charge in [-0.3, -0.25) is 0 Å². The first-order chi connectivity index (χ1) is 9.27. The summed E-state index contributed by atoms with van der Waals surface area (Å²) < 4.78 is 38.4. The number of nitrogen functional groups attached to an aromatic ring is 1. The highest BCUT2D eigenvalue weighted by molar-refractivity contribution is 9.10. The average molecular weight is 366 g/mol. The van der Waals surface area contributed by atoms with Crippen molar-refractivity contribution >= 4 is 44.6 Å². The molecule has 0 heterocycles. The Hall–Kier alpha value is -1.40. The Morgan fingerprint density at radius 3 is 2.25 bits per heavy atom. The van der Waals surface area contributed by atoms with Gasteiger partial charge in [-0.15, -0.1) is 0 Å². The van der Waals surface area contributed by atoms with Gasteiger partial charge < -0.3 is 11.1 Å². The van der Waals surface area contributed by atoms with Crippen molar-refractivity contribution in [2.45, 2.75) is 6.18 Å². The number of nitrogens with two attached hydrogens (primary N) is 1. The molecule has 0 amide bonds. The van der Waals surface area contributed by atoms with Crippen molar-refractivity contribution in [2.24, 2.45) is 0 Å². The molecule has 0 fully saturated rings. The molecule has 2 rings (SSSR count). The summed E-state index contributed by atoms with van der Waals surface area (Å²) in [5.74, 6) is 0. The van der Waals surface area contributed by atoms with Crippen LogP contribution in [0.15, 0.2) is 40.9 Å². The van der Waals surface area contributed by atoms with Gasteiger partial charge in [-0.05, 0) is 36.4 Å². The van der Waals surface area contributed by atoms with Gasteiger partial charge in [0.1, 0.15) is 0 Å². The number of halogens is 5. The van der Waals surface area contributed by atoms with Crippen LogP contribution in [0, 0.1) is 0 Å². The van der Waals surface area contributed by atoms with Crippen LogP contribution >= 0.6 is 27.5 Å². The van der Waals surface area contributed by atoms with Gasteiger partial charge in [-0.25, -0.2) is 0 Å². The number of hydrogen-bond acceptors (Lipinski definition) is 2. The lowest BCUT2D eigenvalue weighted by Gasteiger charge is -2.13. The lowest BCUT2D eigenvalue weighted by atomic mass is 10.2. The molecule has 20 heavy (non-hydrogen) atoms. The molecule has 106 valence electrons. The van der Waals surface area contributed by atoms with Crippen molar-refractivity contribution < 1.29 is 13.2 Å². The summed E-state index contributed by atoms with van der Waals surface area (Å²) in [6.07, 6.45) is -4.42. The molecular weight excluding hydrogens is 357 g/mol. The molecule has 0 saturated heterocycles. The summed E-state index contributed by atoms with van der Waals surface area (Å²) in [5.41, 5.74) is 6.38. The van der Waals surface area contributed by atoms with E-state index >= 15 is 0 Å². The van der Waals surface area contributed by atoms with Crippen LogP contribution in [0.4, 0.5) is 30.2 Å². The lowest BCUT2D eigenvalue weighted by Crippen LogP contribution is -2.05. The van der Waals surface area contributed by atoms with Crippen molar-refractivity contribution in [1.29, 1.82) is 0 Å². The molecule has 0 bridgehead atoms. The third kappa shape index (κ3) is 3.37. The SMILES string of the molecule is Nc1cc(Br)ccc1Nc1ccc(C(F)(F)F)cc1Cl. The number of rotatable bonds is 2. The Balaban J connectivity index is 2.30. The second-order valence-electron chi connectivity index (χ2n) is 4.05. The maximum absolute atomic E-state index is 12.5. The van der Waals surface area contributed by atoms with Crippen LogP contribution in [0.5, 0.6) is 0 Å². The topological polar surface area (TPSA) is 38.0 Å². The molecule has 3 N–H and O–H groups in total. The van der Waals surface area contributed by atoms with Crippen LogP contribution in [0.25, 0.3) is 0 Å². The zero-order valence-electron chi connectivity index (χ0n) is 9.93. The highest BCUT2D eigenvalue weighted by Gasteiger charge is 2.30. The molecule has 2 aromatic carbocycles. The van der Waals surface area contributed by atoms with E-state index in [1.807, 2.05) is 0 Å². The van der Waals surface area contributed by atoms with E-state index in [-0.39, 0.29) is 5.02 Å². The largest absolute Gasteiger partial charge is 0.416 e. The third-order valence-electron chi connectivity index (χ3n) is 2.58. The molecule has 2 nitrogen and oxygen atoms in total. The van der Waals surface area contributed by atoms with Crippen LogP contribution in [0.2, 0.25) is 5.02 Å². The van der Waals surface area contributed by atoms with E-state index in [1.54, 1.807) is 18.2 Å². The van der Waals surface area contributed by atoms with Gasteiger partial charge in [0.15, 0.2) is 0 Å². The van der Waals surface area contributed by atoms with Crippen molar-refractivity contribution in [3.05, 3.63) is 51.5 Å². The molecular formula is C13H9BrClF3N2. The van der Waals surface area contributed by atoms with E-state index in [9.17, 15) is 13.2 Å². The van der Waals surface area contributed by atoms with E-state index in [1.165, 1.54) is 6.07 Å². The molecule has 0 aliphatic carbocycles. The minimum atomic E-state index is -4.42. The fourth-order valence-electron chi connectivity index (χ4n) is 1.59. The Bertz CT molecular complexity index is 644.